The maximum absolute atomic E-state index is 11.9. The Morgan fingerprint density at radius 1 is 1.29 bits per heavy atom. The summed E-state index contributed by atoms with van der Waals surface area (Å²) >= 11 is 0. The van der Waals surface area contributed by atoms with Gasteiger partial charge in [0.15, 0.2) is 5.96 Å². The normalized spacial score (nSPS) is 16.7. The summed E-state index contributed by atoms with van der Waals surface area (Å²) in [6.45, 7) is 9.93. The van der Waals surface area contributed by atoms with Crippen LogP contribution in [-0.4, -0.2) is 61.7 Å². The summed E-state index contributed by atoms with van der Waals surface area (Å²) in [4.78, 5) is 29.6. The number of nitrogens with two attached hydrogens (primary N) is 1. The van der Waals surface area contributed by atoms with Crippen LogP contribution in [0.15, 0.2) is 4.99 Å². The SMILES string of the molecule is CCNC(=O)C(C)(C)CN=C(N)NC1CCN(C(=O)OCC)CC1. The molecule has 1 fully saturated rings. The van der Waals surface area contributed by atoms with Gasteiger partial charge in [-0.3, -0.25) is 9.79 Å². The molecule has 0 aromatic carbocycles. The molecule has 0 aliphatic carbocycles. The van der Waals surface area contributed by atoms with E-state index in [9.17, 15) is 9.59 Å². The molecule has 1 rings (SSSR count). The predicted molar refractivity (Wildman–Crippen MR) is 93.7 cm³/mol. The zero-order chi connectivity index (χ0) is 18.2. The van der Waals surface area contributed by atoms with Crippen LogP contribution >= 0.6 is 0 Å². The molecule has 0 atom stereocenters. The van der Waals surface area contributed by atoms with Gasteiger partial charge in [-0.1, -0.05) is 0 Å². The van der Waals surface area contributed by atoms with Gasteiger partial charge in [-0.25, -0.2) is 4.79 Å². The van der Waals surface area contributed by atoms with Gasteiger partial charge in [-0.05, 0) is 40.5 Å². The van der Waals surface area contributed by atoms with Crippen molar-refractivity contribution in [2.24, 2.45) is 16.1 Å². The third-order valence-electron chi connectivity index (χ3n) is 3.97. The Kier molecular flexibility index (Phi) is 7.81. The molecule has 1 saturated heterocycles. The van der Waals surface area contributed by atoms with Crippen LogP contribution in [0.25, 0.3) is 0 Å². The summed E-state index contributed by atoms with van der Waals surface area (Å²) in [5, 5.41) is 5.97. The number of hydrogen-bond acceptors (Lipinski definition) is 4. The van der Waals surface area contributed by atoms with Crippen molar-refractivity contribution in [1.82, 2.24) is 15.5 Å². The van der Waals surface area contributed by atoms with Gasteiger partial charge in [0.05, 0.1) is 18.6 Å². The summed E-state index contributed by atoms with van der Waals surface area (Å²) in [5.74, 6) is 0.297. The van der Waals surface area contributed by atoms with Crippen molar-refractivity contribution in [3.63, 3.8) is 0 Å². The molecule has 0 aromatic heterocycles. The number of carbonyl (C=O) groups excluding carboxylic acids is 2. The Labute approximate surface area is 144 Å². The predicted octanol–water partition coefficient (Wildman–Crippen LogP) is 0.674. The molecule has 138 valence electrons. The first-order chi connectivity index (χ1) is 11.3. The van der Waals surface area contributed by atoms with Gasteiger partial charge in [0.25, 0.3) is 0 Å². The number of guanidine groups is 1. The number of amides is 2. The first-order valence-corrected chi connectivity index (χ1v) is 8.56. The van der Waals surface area contributed by atoms with Gasteiger partial charge in [-0.15, -0.1) is 0 Å². The van der Waals surface area contributed by atoms with E-state index < -0.39 is 5.41 Å². The summed E-state index contributed by atoms with van der Waals surface area (Å²) < 4.78 is 5.00. The van der Waals surface area contributed by atoms with E-state index in [1.165, 1.54) is 0 Å². The molecule has 1 aliphatic heterocycles. The van der Waals surface area contributed by atoms with E-state index in [-0.39, 0.29) is 18.0 Å². The van der Waals surface area contributed by atoms with E-state index in [0.717, 1.165) is 12.8 Å². The minimum atomic E-state index is -0.602. The lowest BCUT2D eigenvalue weighted by atomic mass is 9.92. The Balaban J connectivity index is 2.42. The number of rotatable bonds is 6. The second kappa shape index (κ2) is 9.34. The maximum Gasteiger partial charge on any atom is 0.409 e. The number of piperidine rings is 1. The quantitative estimate of drug-likeness (QED) is 0.486. The van der Waals surface area contributed by atoms with Gasteiger partial charge in [0.2, 0.25) is 5.91 Å². The van der Waals surface area contributed by atoms with Crippen LogP contribution in [0.5, 0.6) is 0 Å². The highest BCUT2D eigenvalue weighted by Gasteiger charge is 2.27. The van der Waals surface area contributed by atoms with Crippen LogP contribution in [0.2, 0.25) is 0 Å². The average Bonchev–Trinajstić information content (AvgIpc) is 2.54. The highest BCUT2D eigenvalue weighted by molar-refractivity contribution is 5.83. The van der Waals surface area contributed by atoms with Crippen molar-refractivity contribution in [2.75, 3.05) is 32.8 Å². The molecule has 2 amide bonds. The van der Waals surface area contributed by atoms with Crippen LogP contribution in [-0.2, 0) is 9.53 Å². The smallest absolute Gasteiger partial charge is 0.409 e. The lowest BCUT2D eigenvalue weighted by Gasteiger charge is -2.32. The molecule has 0 saturated carbocycles. The standard InChI is InChI=1S/C16H31N5O3/c1-5-18-13(22)16(3,4)11-19-14(17)20-12-7-9-21(10-8-12)15(23)24-6-2/h12H,5-11H2,1-4H3,(H,18,22)(H3,17,19,20). The Morgan fingerprint density at radius 3 is 2.46 bits per heavy atom. The van der Waals surface area contributed by atoms with E-state index in [1.54, 1.807) is 11.8 Å². The van der Waals surface area contributed by atoms with Crippen LogP contribution in [0, 0.1) is 5.41 Å². The first kappa shape index (κ1) is 20.1. The fraction of sp³-hybridized carbons (Fsp3) is 0.812. The second-order valence-electron chi connectivity index (χ2n) is 6.55. The topological polar surface area (TPSA) is 109 Å². The van der Waals surface area contributed by atoms with E-state index in [4.69, 9.17) is 10.5 Å². The largest absolute Gasteiger partial charge is 0.450 e. The zero-order valence-electron chi connectivity index (χ0n) is 15.2. The molecule has 8 nitrogen and oxygen atoms in total. The average molecular weight is 341 g/mol. The number of likely N-dealkylation sites (tertiary alicyclic amines) is 1. The number of aliphatic imine (C=N–C) groups is 1. The van der Waals surface area contributed by atoms with Crippen molar-refractivity contribution >= 4 is 18.0 Å². The second-order valence-corrected chi connectivity index (χ2v) is 6.55. The molecule has 0 aromatic rings. The summed E-state index contributed by atoms with van der Waals surface area (Å²) in [5.41, 5.74) is 5.33. The fourth-order valence-corrected chi connectivity index (χ4v) is 2.43. The minimum absolute atomic E-state index is 0.0377. The van der Waals surface area contributed by atoms with Crippen LogP contribution in [0.1, 0.15) is 40.5 Å². The molecular formula is C16H31N5O3. The first-order valence-electron chi connectivity index (χ1n) is 8.56. The summed E-state index contributed by atoms with van der Waals surface area (Å²) in [6.07, 6.45) is 1.31. The Morgan fingerprint density at radius 2 is 1.92 bits per heavy atom. The summed E-state index contributed by atoms with van der Waals surface area (Å²) in [7, 11) is 0. The van der Waals surface area contributed by atoms with Crippen molar-refractivity contribution < 1.29 is 14.3 Å². The van der Waals surface area contributed by atoms with Crippen molar-refractivity contribution in [2.45, 2.75) is 46.6 Å². The van der Waals surface area contributed by atoms with Gasteiger partial charge in [-0.2, -0.15) is 0 Å². The molecular weight excluding hydrogens is 310 g/mol. The Bertz CT molecular complexity index is 457. The van der Waals surface area contributed by atoms with Gasteiger partial charge in [0, 0.05) is 25.7 Å². The molecule has 1 aliphatic rings. The van der Waals surface area contributed by atoms with Crippen LogP contribution in [0.3, 0.4) is 0 Å². The number of carbonyl (C=O) groups is 2. The maximum atomic E-state index is 11.9. The molecule has 0 radical (unpaired) electrons. The number of nitrogens with zero attached hydrogens (tertiary/aromatic N) is 2. The Hall–Kier alpha value is -1.99. The van der Waals surface area contributed by atoms with Crippen molar-refractivity contribution in [3.05, 3.63) is 0 Å². The molecule has 0 bridgehead atoms. The molecule has 8 heteroatoms. The van der Waals surface area contributed by atoms with Gasteiger partial charge < -0.3 is 26.0 Å². The van der Waals surface area contributed by atoms with Gasteiger partial charge >= 0.3 is 6.09 Å². The van der Waals surface area contributed by atoms with E-state index in [1.807, 2.05) is 20.8 Å². The minimum Gasteiger partial charge on any atom is -0.450 e. The highest BCUT2D eigenvalue weighted by atomic mass is 16.6. The molecule has 1 heterocycles. The van der Waals surface area contributed by atoms with E-state index in [0.29, 0.717) is 38.7 Å². The van der Waals surface area contributed by atoms with Crippen molar-refractivity contribution in [1.29, 1.82) is 0 Å². The molecule has 0 unspecified atom stereocenters. The number of nitrogens with one attached hydrogen (secondary N) is 2. The van der Waals surface area contributed by atoms with Crippen molar-refractivity contribution in [3.8, 4) is 0 Å². The lowest BCUT2D eigenvalue weighted by molar-refractivity contribution is -0.128. The lowest BCUT2D eigenvalue weighted by Crippen LogP contribution is -2.49. The fourth-order valence-electron chi connectivity index (χ4n) is 2.43. The third-order valence-corrected chi connectivity index (χ3v) is 3.97. The summed E-state index contributed by atoms with van der Waals surface area (Å²) in [6, 6.07) is 0.173. The monoisotopic (exact) mass is 341 g/mol. The zero-order valence-corrected chi connectivity index (χ0v) is 15.2. The third kappa shape index (κ3) is 6.25. The molecule has 4 N–H and O–H groups in total. The highest BCUT2D eigenvalue weighted by Crippen LogP contribution is 2.15. The van der Waals surface area contributed by atoms with E-state index >= 15 is 0 Å². The van der Waals surface area contributed by atoms with Crippen LogP contribution in [0.4, 0.5) is 4.79 Å². The molecule has 24 heavy (non-hydrogen) atoms. The number of ether oxygens (including phenoxy) is 1. The van der Waals surface area contributed by atoms with Gasteiger partial charge in [0.1, 0.15) is 0 Å². The van der Waals surface area contributed by atoms with E-state index in [2.05, 4.69) is 15.6 Å². The molecule has 0 spiro atoms. The van der Waals surface area contributed by atoms with Crippen LogP contribution < -0.4 is 16.4 Å². The number of hydrogen-bond donors (Lipinski definition) is 3.